The Kier molecular flexibility index (Phi) is 4.16. The van der Waals surface area contributed by atoms with Crippen molar-refractivity contribution >= 4 is 5.97 Å². The van der Waals surface area contributed by atoms with Gasteiger partial charge in [-0.3, -0.25) is 0 Å². The molecule has 0 radical (unpaired) electrons. The molecule has 2 heteroatoms. The number of esters is 1. The standard InChI is InChI=1S/C19H30O2/c1-4-14-7-9-19(10-8-14,21-18(20)13(2)3)17-12-15-5-6-16(17)11-15/h14-17H,2,4-12H2,1,3H3. The minimum atomic E-state index is -0.165. The molecule has 0 heterocycles. The van der Waals surface area contributed by atoms with Gasteiger partial charge in [-0.05, 0) is 69.6 Å². The van der Waals surface area contributed by atoms with Crippen molar-refractivity contribution in [1.82, 2.24) is 0 Å². The highest BCUT2D eigenvalue weighted by molar-refractivity contribution is 5.87. The van der Waals surface area contributed by atoms with Crippen LogP contribution >= 0.6 is 0 Å². The summed E-state index contributed by atoms with van der Waals surface area (Å²) < 4.78 is 6.13. The molecule has 0 aromatic rings. The van der Waals surface area contributed by atoms with Gasteiger partial charge in [-0.15, -0.1) is 0 Å². The predicted octanol–water partition coefficient (Wildman–Crippen LogP) is 4.88. The Balaban J connectivity index is 1.78. The van der Waals surface area contributed by atoms with E-state index in [2.05, 4.69) is 13.5 Å². The van der Waals surface area contributed by atoms with E-state index in [1.54, 1.807) is 6.92 Å². The lowest BCUT2D eigenvalue weighted by Crippen LogP contribution is -2.47. The van der Waals surface area contributed by atoms with Crippen LogP contribution in [-0.4, -0.2) is 11.6 Å². The van der Waals surface area contributed by atoms with Crippen molar-refractivity contribution in [3.05, 3.63) is 12.2 Å². The highest BCUT2D eigenvalue weighted by Gasteiger charge is 2.53. The van der Waals surface area contributed by atoms with Gasteiger partial charge in [-0.25, -0.2) is 4.79 Å². The summed E-state index contributed by atoms with van der Waals surface area (Å²) in [5, 5.41) is 0. The third kappa shape index (κ3) is 2.78. The first kappa shape index (κ1) is 15.1. The van der Waals surface area contributed by atoms with E-state index in [0.29, 0.717) is 11.5 Å². The maximum Gasteiger partial charge on any atom is 0.333 e. The molecule has 2 nitrogen and oxygen atoms in total. The Labute approximate surface area is 129 Å². The first-order valence-corrected chi connectivity index (χ1v) is 8.93. The van der Waals surface area contributed by atoms with Gasteiger partial charge < -0.3 is 4.74 Å². The van der Waals surface area contributed by atoms with Crippen molar-refractivity contribution in [2.24, 2.45) is 23.7 Å². The van der Waals surface area contributed by atoms with E-state index in [-0.39, 0.29) is 11.6 Å². The smallest absolute Gasteiger partial charge is 0.333 e. The third-order valence-corrected chi connectivity index (χ3v) is 6.59. The Morgan fingerprint density at radius 1 is 1.19 bits per heavy atom. The molecule has 3 unspecified atom stereocenters. The second-order valence-corrected chi connectivity index (χ2v) is 7.87. The number of fused-ring (bicyclic) bond motifs is 2. The largest absolute Gasteiger partial charge is 0.455 e. The van der Waals surface area contributed by atoms with Crippen LogP contribution in [0, 0.1) is 23.7 Å². The lowest BCUT2D eigenvalue weighted by molar-refractivity contribution is -0.171. The van der Waals surface area contributed by atoms with Crippen LogP contribution in [0.2, 0.25) is 0 Å². The molecule has 21 heavy (non-hydrogen) atoms. The third-order valence-electron chi connectivity index (χ3n) is 6.59. The fraction of sp³-hybridized carbons (Fsp3) is 0.842. The maximum atomic E-state index is 12.2. The van der Waals surface area contributed by atoms with Crippen LogP contribution in [-0.2, 0) is 9.53 Å². The zero-order valence-electron chi connectivity index (χ0n) is 13.7. The highest BCUT2D eigenvalue weighted by Crippen LogP contribution is 2.57. The van der Waals surface area contributed by atoms with Gasteiger partial charge >= 0.3 is 5.97 Å². The molecule has 3 rings (SSSR count). The lowest BCUT2D eigenvalue weighted by atomic mass is 9.66. The van der Waals surface area contributed by atoms with Crippen LogP contribution in [0.1, 0.15) is 71.6 Å². The molecule has 0 aliphatic heterocycles. The van der Waals surface area contributed by atoms with E-state index in [9.17, 15) is 4.79 Å². The summed E-state index contributed by atoms with van der Waals surface area (Å²) in [5.74, 6) is 3.01. The average molecular weight is 290 g/mol. The molecule has 118 valence electrons. The van der Waals surface area contributed by atoms with E-state index in [1.165, 1.54) is 44.9 Å². The number of hydrogen-bond acceptors (Lipinski definition) is 2. The first-order valence-electron chi connectivity index (χ1n) is 8.93. The molecular weight excluding hydrogens is 260 g/mol. The molecule has 3 aliphatic rings. The van der Waals surface area contributed by atoms with Crippen molar-refractivity contribution in [1.29, 1.82) is 0 Å². The Morgan fingerprint density at radius 2 is 1.90 bits per heavy atom. The van der Waals surface area contributed by atoms with Crippen molar-refractivity contribution in [3.63, 3.8) is 0 Å². The Bertz CT molecular complexity index is 417. The Morgan fingerprint density at radius 3 is 2.38 bits per heavy atom. The zero-order valence-corrected chi connectivity index (χ0v) is 13.7. The summed E-state index contributed by atoms with van der Waals surface area (Å²) in [6, 6.07) is 0. The molecule has 0 aromatic heterocycles. The van der Waals surface area contributed by atoms with Gasteiger partial charge in [0.2, 0.25) is 0 Å². The normalized spacial score (nSPS) is 42.0. The van der Waals surface area contributed by atoms with Crippen molar-refractivity contribution in [2.45, 2.75) is 77.2 Å². The molecule has 0 N–H and O–H groups in total. The second-order valence-electron chi connectivity index (χ2n) is 7.87. The second kappa shape index (κ2) is 5.78. The van der Waals surface area contributed by atoms with Crippen LogP contribution in [0.3, 0.4) is 0 Å². The number of hydrogen-bond donors (Lipinski definition) is 0. The molecule has 0 aromatic carbocycles. The van der Waals surface area contributed by atoms with E-state index in [1.807, 2.05) is 0 Å². The minimum Gasteiger partial charge on any atom is -0.455 e. The van der Waals surface area contributed by atoms with Gasteiger partial charge in [-0.1, -0.05) is 26.3 Å². The van der Waals surface area contributed by atoms with E-state index in [0.717, 1.165) is 30.6 Å². The van der Waals surface area contributed by atoms with Gasteiger partial charge in [0.25, 0.3) is 0 Å². The van der Waals surface area contributed by atoms with E-state index in [4.69, 9.17) is 4.74 Å². The minimum absolute atomic E-state index is 0.160. The molecule has 3 atom stereocenters. The maximum absolute atomic E-state index is 12.2. The average Bonchev–Trinajstić information content (AvgIpc) is 3.11. The summed E-state index contributed by atoms with van der Waals surface area (Å²) in [4.78, 5) is 12.2. The lowest BCUT2D eigenvalue weighted by Gasteiger charge is -2.46. The van der Waals surface area contributed by atoms with Gasteiger partial charge in [-0.2, -0.15) is 0 Å². The number of ether oxygens (including phenoxy) is 1. The summed E-state index contributed by atoms with van der Waals surface area (Å²) in [7, 11) is 0. The summed E-state index contributed by atoms with van der Waals surface area (Å²) >= 11 is 0. The first-order chi connectivity index (χ1) is 10.0. The SMILES string of the molecule is C=C(C)C(=O)OC1(C2CC3CCC2C3)CCC(CC)CC1. The van der Waals surface area contributed by atoms with Crippen molar-refractivity contribution in [3.8, 4) is 0 Å². The van der Waals surface area contributed by atoms with Gasteiger partial charge in [0.1, 0.15) is 5.60 Å². The summed E-state index contributed by atoms with van der Waals surface area (Å²) in [6.45, 7) is 7.84. The molecule has 3 aliphatic carbocycles. The van der Waals surface area contributed by atoms with Crippen LogP contribution < -0.4 is 0 Å². The van der Waals surface area contributed by atoms with Crippen LogP contribution in [0.5, 0.6) is 0 Å². The van der Waals surface area contributed by atoms with E-state index < -0.39 is 0 Å². The zero-order chi connectivity index (χ0) is 15.0. The summed E-state index contributed by atoms with van der Waals surface area (Å²) in [5.41, 5.74) is 0.386. The molecule has 0 amide bonds. The molecule has 3 fully saturated rings. The van der Waals surface area contributed by atoms with Crippen molar-refractivity contribution < 1.29 is 9.53 Å². The van der Waals surface area contributed by atoms with Crippen LogP contribution in [0.4, 0.5) is 0 Å². The van der Waals surface area contributed by atoms with Crippen LogP contribution in [0.25, 0.3) is 0 Å². The van der Waals surface area contributed by atoms with Crippen LogP contribution in [0.15, 0.2) is 12.2 Å². The number of carbonyl (C=O) groups excluding carboxylic acids is 1. The quantitative estimate of drug-likeness (QED) is 0.545. The highest BCUT2D eigenvalue weighted by atomic mass is 16.6. The topological polar surface area (TPSA) is 26.3 Å². The molecular formula is C19H30O2. The van der Waals surface area contributed by atoms with Gasteiger partial charge in [0.05, 0.1) is 0 Å². The molecule has 2 bridgehead atoms. The molecule has 0 spiro atoms. The van der Waals surface area contributed by atoms with E-state index >= 15 is 0 Å². The predicted molar refractivity (Wildman–Crippen MR) is 84.8 cm³/mol. The number of carbonyl (C=O) groups is 1. The fourth-order valence-electron chi connectivity index (χ4n) is 5.28. The van der Waals surface area contributed by atoms with Gasteiger partial charge in [0.15, 0.2) is 0 Å². The monoisotopic (exact) mass is 290 g/mol. The molecule has 3 saturated carbocycles. The summed E-state index contributed by atoms with van der Waals surface area (Å²) in [6.07, 6.45) is 11.3. The fourth-order valence-corrected chi connectivity index (χ4v) is 5.28. The molecule has 0 saturated heterocycles. The van der Waals surface area contributed by atoms with Gasteiger partial charge in [0, 0.05) is 11.5 Å². The van der Waals surface area contributed by atoms with Crippen molar-refractivity contribution in [2.75, 3.05) is 0 Å². The number of rotatable bonds is 4. The Hall–Kier alpha value is -0.790.